The maximum absolute atomic E-state index is 5.50. The van der Waals surface area contributed by atoms with E-state index in [2.05, 4.69) is 51.7 Å². The zero-order chi connectivity index (χ0) is 11.8. The molecule has 0 fully saturated rings. The van der Waals surface area contributed by atoms with Crippen LogP contribution in [0.5, 0.6) is 0 Å². The first-order valence-electron chi connectivity index (χ1n) is 5.47. The van der Waals surface area contributed by atoms with Crippen LogP contribution in [0, 0.1) is 9.49 Å². The predicted octanol–water partition coefficient (Wildman–Crippen LogP) is 2.56. The van der Waals surface area contributed by atoms with Crippen molar-refractivity contribution in [2.75, 3.05) is 25.1 Å². The highest BCUT2D eigenvalue weighted by molar-refractivity contribution is 14.1. The first-order valence-corrected chi connectivity index (χ1v) is 6.55. The minimum atomic E-state index is 0.704. The molecule has 0 unspecified atom stereocenters. The van der Waals surface area contributed by atoms with Gasteiger partial charge in [-0.05, 0) is 34.9 Å². The van der Waals surface area contributed by atoms with Crippen molar-refractivity contribution in [3.8, 4) is 0 Å². The molecular weight excluding hydrogens is 317 g/mol. The van der Waals surface area contributed by atoms with Crippen LogP contribution in [0.25, 0.3) is 0 Å². The SMILES string of the molecule is CC(C)CCOCCNc1ncncc1I. The van der Waals surface area contributed by atoms with Gasteiger partial charge in [0.15, 0.2) is 0 Å². The van der Waals surface area contributed by atoms with E-state index in [4.69, 9.17) is 4.74 Å². The lowest BCUT2D eigenvalue weighted by molar-refractivity contribution is 0.132. The Morgan fingerprint density at radius 3 is 2.94 bits per heavy atom. The molecule has 0 spiro atoms. The van der Waals surface area contributed by atoms with Crippen LogP contribution in [0.1, 0.15) is 20.3 Å². The Hall–Kier alpha value is -0.430. The van der Waals surface area contributed by atoms with Gasteiger partial charge in [0.05, 0.1) is 10.2 Å². The van der Waals surface area contributed by atoms with Gasteiger partial charge in [-0.2, -0.15) is 0 Å². The largest absolute Gasteiger partial charge is 0.380 e. The molecule has 0 atom stereocenters. The number of anilines is 1. The maximum Gasteiger partial charge on any atom is 0.142 e. The second kappa shape index (κ2) is 7.78. The van der Waals surface area contributed by atoms with Gasteiger partial charge in [-0.3, -0.25) is 0 Å². The second-order valence-corrected chi connectivity index (χ2v) is 5.10. The fraction of sp³-hybridized carbons (Fsp3) is 0.636. The highest BCUT2D eigenvalue weighted by atomic mass is 127. The van der Waals surface area contributed by atoms with Gasteiger partial charge >= 0.3 is 0 Å². The van der Waals surface area contributed by atoms with Gasteiger partial charge in [-0.1, -0.05) is 13.8 Å². The van der Waals surface area contributed by atoms with Gasteiger partial charge in [-0.25, -0.2) is 9.97 Å². The summed E-state index contributed by atoms with van der Waals surface area (Å²) in [6.45, 7) is 6.73. The van der Waals surface area contributed by atoms with Crippen LogP contribution in [0.4, 0.5) is 5.82 Å². The molecule has 0 aromatic carbocycles. The van der Waals surface area contributed by atoms with E-state index in [1.165, 1.54) is 0 Å². The number of ether oxygens (including phenoxy) is 1. The van der Waals surface area contributed by atoms with Gasteiger partial charge in [0.1, 0.15) is 12.1 Å². The predicted molar refractivity (Wildman–Crippen MR) is 73.5 cm³/mol. The molecule has 5 heteroatoms. The van der Waals surface area contributed by atoms with Gasteiger partial charge < -0.3 is 10.1 Å². The summed E-state index contributed by atoms with van der Waals surface area (Å²) < 4.78 is 6.53. The van der Waals surface area contributed by atoms with Crippen molar-refractivity contribution in [1.82, 2.24) is 9.97 Å². The van der Waals surface area contributed by atoms with Gasteiger partial charge in [0.2, 0.25) is 0 Å². The van der Waals surface area contributed by atoms with Crippen molar-refractivity contribution in [2.24, 2.45) is 5.92 Å². The van der Waals surface area contributed by atoms with Gasteiger partial charge in [0.25, 0.3) is 0 Å². The molecule has 1 N–H and O–H groups in total. The van der Waals surface area contributed by atoms with E-state index in [-0.39, 0.29) is 0 Å². The normalized spacial score (nSPS) is 10.8. The standard InChI is InChI=1S/C11H18IN3O/c1-9(2)3-5-16-6-4-14-11-10(12)7-13-8-15-11/h7-9H,3-6H2,1-2H3,(H,13,14,15). The highest BCUT2D eigenvalue weighted by Crippen LogP contribution is 2.11. The van der Waals surface area contributed by atoms with Crippen LogP contribution in [0.3, 0.4) is 0 Å². The minimum Gasteiger partial charge on any atom is -0.380 e. The minimum absolute atomic E-state index is 0.704. The number of nitrogens with one attached hydrogen (secondary N) is 1. The Kier molecular flexibility index (Phi) is 6.63. The Labute approximate surface area is 110 Å². The molecular formula is C11H18IN3O. The van der Waals surface area contributed by atoms with E-state index >= 15 is 0 Å². The molecule has 1 aromatic rings. The van der Waals surface area contributed by atoms with Crippen molar-refractivity contribution in [1.29, 1.82) is 0 Å². The van der Waals surface area contributed by atoms with Crippen LogP contribution in [0.15, 0.2) is 12.5 Å². The molecule has 0 aliphatic rings. The van der Waals surface area contributed by atoms with E-state index in [1.807, 2.05) is 0 Å². The first-order chi connectivity index (χ1) is 7.70. The summed E-state index contributed by atoms with van der Waals surface area (Å²) in [4.78, 5) is 8.07. The smallest absolute Gasteiger partial charge is 0.142 e. The second-order valence-electron chi connectivity index (χ2n) is 3.94. The topological polar surface area (TPSA) is 47.0 Å². The molecule has 1 aromatic heterocycles. The summed E-state index contributed by atoms with van der Waals surface area (Å²) in [6.07, 6.45) is 4.45. The summed E-state index contributed by atoms with van der Waals surface area (Å²) in [5.74, 6) is 1.58. The summed E-state index contributed by atoms with van der Waals surface area (Å²) in [5, 5.41) is 3.22. The molecule has 1 heterocycles. The van der Waals surface area contributed by atoms with Gasteiger partial charge in [-0.15, -0.1) is 0 Å². The maximum atomic E-state index is 5.50. The summed E-state index contributed by atoms with van der Waals surface area (Å²) >= 11 is 2.21. The number of rotatable bonds is 7. The number of halogens is 1. The average Bonchev–Trinajstić information content (AvgIpc) is 2.25. The van der Waals surface area contributed by atoms with Gasteiger partial charge in [0, 0.05) is 19.3 Å². The Morgan fingerprint density at radius 2 is 2.25 bits per heavy atom. The van der Waals surface area contributed by atoms with Crippen molar-refractivity contribution in [3.05, 3.63) is 16.1 Å². The number of hydrogen-bond acceptors (Lipinski definition) is 4. The third-order valence-corrected chi connectivity index (χ3v) is 2.84. The molecule has 0 saturated carbocycles. The first kappa shape index (κ1) is 13.6. The Bertz CT molecular complexity index is 307. The monoisotopic (exact) mass is 335 g/mol. The zero-order valence-corrected chi connectivity index (χ0v) is 11.9. The lowest BCUT2D eigenvalue weighted by Gasteiger charge is -2.08. The van der Waals surface area contributed by atoms with Crippen LogP contribution in [0.2, 0.25) is 0 Å². The van der Waals surface area contributed by atoms with Crippen molar-refractivity contribution < 1.29 is 4.74 Å². The number of aromatic nitrogens is 2. The lowest BCUT2D eigenvalue weighted by atomic mass is 10.1. The molecule has 0 aliphatic carbocycles. The quantitative estimate of drug-likeness (QED) is 0.615. The summed E-state index contributed by atoms with van der Waals surface area (Å²) in [6, 6.07) is 0. The molecule has 0 radical (unpaired) electrons. The van der Waals surface area contributed by atoms with Crippen LogP contribution < -0.4 is 5.32 Å². The third kappa shape index (κ3) is 5.60. The van der Waals surface area contributed by atoms with E-state index in [1.54, 1.807) is 12.5 Å². The van der Waals surface area contributed by atoms with Crippen LogP contribution >= 0.6 is 22.6 Å². The van der Waals surface area contributed by atoms with E-state index in [0.717, 1.165) is 29.0 Å². The highest BCUT2D eigenvalue weighted by Gasteiger charge is 1.99. The third-order valence-electron chi connectivity index (χ3n) is 2.05. The van der Waals surface area contributed by atoms with E-state index in [9.17, 15) is 0 Å². The fourth-order valence-electron chi connectivity index (χ4n) is 1.11. The average molecular weight is 335 g/mol. The molecule has 4 nitrogen and oxygen atoms in total. The number of hydrogen-bond donors (Lipinski definition) is 1. The van der Waals surface area contributed by atoms with Crippen LogP contribution in [-0.4, -0.2) is 29.7 Å². The van der Waals surface area contributed by atoms with Crippen LogP contribution in [-0.2, 0) is 4.74 Å². The molecule has 90 valence electrons. The Morgan fingerprint density at radius 1 is 1.44 bits per heavy atom. The van der Waals surface area contributed by atoms with Crippen molar-refractivity contribution >= 4 is 28.4 Å². The molecule has 0 bridgehead atoms. The Balaban J connectivity index is 2.10. The van der Waals surface area contributed by atoms with Crippen molar-refractivity contribution in [3.63, 3.8) is 0 Å². The van der Waals surface area contributed by atoms with Crippen molar-refractivity contribution in [2.45, 2.75) is 20.3 Å². The van der Waals surface area contributed by atoms with E-state index in [0.29, 0.717) is 12.5 Å². The van der Waals surface area contributed by atoms with E-state index < -0.39 is 0 Å². The summed E-state index contributed by atoms with van der Waals surface area (Å²) in [7, 11) is 0. The molecule has 0 aliphatic heterocycles. The molecule has 16 heavy (non-hydrogen) atoms. The summed E-state index contributed by atoms with van der Waals surface area (Å²) in [5.41, 5.74) is 0. The fourth-order valence-corrected chi connectivity index (χ4v) is 1.60. The number of nitrogens with zero attached hydrogens (tertiary/aromatic N) is 2. The molecule has 1 rings (SSSR count). The lowest BCUT2D eigenvalue weighted by Crippen LogP contribution is -2.12. The molecule has 0 saturated heterocycles. The zero-order valence-electron chi connectivity index (χ0n) is 9.74. The molecule has 0 amide bonds.